The van der Waals surface area contributed by atoms with Crippen LogP contribution in [0.5, 0.6) is 34.5 Å². The van der Waals surface area contributed by atoms with Gasteiger partial charge in [-0.3, -0.25) is 9.35 Å². The van der Waals surface area contributed by atoms with Crippen molar-refractivity contribution in [3.63, 3.8) is 0 Å². The first-order valence-corrected chi connectivity index (χ1v) is 20.5. The molecule has 0 spiro atoms. The van der Waals surface area contributed by atoms with E-state index >= 15 is 0 Å². The smallest absolute Gasteiger partial charge is 0.442 e. The van der Waals surface area contributed by atoms with E-state index in [4.69, 9.17) is 18.8 Å². The van der Waals surface area contributed by atoms with E-state index in [1.807, 2.05) is 62.4 Å². The second-order valence-corrected chi connectivity index (χ2v) is 16.3. The van der Waals surface area contributed by atoms with Crippen LogP contribution < -0.4 is 14.2 Å². The minimum Gasteiger partial charge on any atom is -0.457 e. The van der Waals surface area contributed by atoms with E-state index in [0.29, 0.717) is 28.4 Å². The van der Waals surface area contributed by atoms with E-state index in [1.54, 1.807) is 97.1 Å². The number of ether oxygens (including phenoxy) is 3. The third kappa shape index (κ3) is 9.55. The van der Waals surface area contributed by atoms with Crippen LogP contribution >= 0.6 is 11.8 Å². The van der Waals surface area contributed by atoms with Crippen LogP contribution in [0.15, 0.2) is 169 Å². The van der Waals surface area contributed by atoms with Gasteiger partial charge in [0, 0.05) is 17.2 Å². The lowest BCUT2D eigenvalue weighted by molar-refractivity contribution is -0.0946. The molecule has 0 heterocycles. The molecule has 0 bridgehead atoms. The summed E-state index contributed by atoms with van der Waals surface area (Å²) in [7, 11) is -6.47. The Kier molecular flexibility index (Phi) is 11.9. The molecular formula is C47H34F4O7S2. The Morgan fingerprint density at radius 1 is 0.500 bits per heavy atom. The molecule has 60 heavy (non-hydrogen) atoms. The zero-order chi connectivity index (χ0) is 42.7. The molecule has 0 fully saturated rings. The summed E-state index contributed by atoms with van der Waals surface area (Å²) in [6.45, 7) is 3.92. The highest BCUT2D eigenvalue weighted by Crippen LogP contribution is 2.52. The van der Waals surface area contributed by atoms with Crippen LogP contribution in [-0.4, -0.2) is 29.3 Å². The molecule has 0 radical (unpaired) electrons. The SMILES string of the molecule is Cc1ccc(C(=O)c2ccc(Oc3ccc(-c4ccc(Oc5ccc(SC(F)(F)C(F)(F)S(=O)(=O)O)c(Oc6ccc(-c7ccc(C)cc7)cc6)c5)cc4)cc3)cc2)cc1. The lowest BCUT2D eigenvalue weighted by Gasteiger charge is -2.24. The van der Waals surface area contributed by atoms with Crippen molar-refractivity contribution in [3.8, 4) is 56.8 Å². The lowest BCUT2D eigenvalue weighted by atomic mass is 10.0. The second-order valence-electron chi connectivity index (χ2n) is 13.7. The second kappa shape index (κ2) is 17.1. The van der Waals surface area contributed by atoms with Crippen LogP contribution in [0.25, 0.3) is 22.3 Å². The average molecular weight is 851 g/mol. The van der Waals surface area contributed by atoms with E-state index < -0.39 is 37.3 Å². The Labute approximate surface area is 348 Å². The molecule has 0 aliphatic carbocycles. The predicted molar refractivity (Wildman–Crippen MR) is 224 cm³/mol. The van der Waals surface area contributed by atoms with Gasteiger partial charge in [-0.2, -0.15) is 26.0 Å². The minimum absolute atomic E-state index is 0.0808. The number of halogens is 4. The van der Waals surface area contributed by atoms with Crippen LogP contribution in [0.1, 0.15) is 27.0 Å². The molecular weight excluding hydrogens is 817 g/mol. The Morgan fingerprint density at radius 2 is 0.833 bits per heavy atom. The predicted octanol–water partition coefficient (Wildman–Crippen LogP) is 13.4. The van der Waals surface area contributed by atoms with Crippen LogP contribution in [0.2, 0.25) is 0 Å². The van der Waals surface area contributed by atoms with Crippen molar-refractivity contribution in [2.24, 2.45) is 0 Å². The Morgan fingerprint density at radius 3 is 1.27 bits per heavy atom. The Bertz CT molecular complexity index is 2720. The van der Waals surface area contributed by atoms with Gasteiger partial charge in [-0.05, 0) is 121 Å². The monoisotopic (exact) mass is 850 g/mol. The first-order chi connectivity index (χ1) is 28.5. The summed E-state index contributed by atoms with van der Waals surface area (Å²) < 4.78 is 107. The molecule has 1 N–H and O–H groups in total. The normalized spacial score (nSPS) is 11.8. The number of thioether (sulfide) groups is 1. The van der Waals surface area contributed by atoms with Crippen molar-refractivity contribution >= 4 is 27.7 Å². The van der Waals surface area contributed by atoms with Crippen molar-refractivity contribution in [2.75, 3.05) is 0 Å². The maximum Gasteiger partial charge on any atom is 0.442 e. The van der Waals surface area contributed by atoms with Crippen molar-refractivity contribution < 1.29 is 49.5 Å². The van der Waals surface area contributed by atoms with E-state index in [1.165, 1.54) is 12.1 Å². The molecule has 0 aliphatic rings. The third-order valence-electron chi connectivity index (χ3n) is 9.23. The Hall–Kier alpha value is -6.41. The van der Waals surface area contributed by atoms with Gasteiger partial charge in [-0.25, -0.2) is 0 Å². The molecule has 7 rings (SSSR count). The fraction of sp³-hybridized carbons (Fsp3) is 0.0851. The van der Waals surface area contributed by atoms with Crippen LogP contribution in [0.4, 0.5) is 17.6 Å². The van der Waals surface area contributed by atoms with Gasteiger partial charge in [-0.15, -0.1) is 0 Å². The number of alkyl halides is 4. The maximum atomic E-state index is 14.8. The standard InChI is InChI=1S/C47H34F4O7S2/c1-30-3-7-32(8-4-30)33-15-23-41(24-16-33)58-43-29-42(27-28-44(43)59-46(48,49)47(50,51)60(53,54)55)57-40-21-13-35(14-22-40)34-11-19-38(20-12-34)56-39-25-17-37(18-26-39)45(52)36-9-5-31(2)6-10-36/h3-29H,1-2H3,(H,53,54,55). The number of aryl methyl sites for hydroxylation is 2. The third-order valence-corrected chi connectivity index (χ3v) is 11.3. The summed E-state index contributed by atoms with van der Waals surface area (Å²) in [5.41, 5.74) is 6.73. The molecule has 0 atom stereocenters. The zero-order valence-corrected chi connectivity index (χ0v) is 33.4. The largest absolute Gasteiger partial charge is 0.457 e. The van der Waals surface area contributed by atoms with E-state index in [-0.39, 0.29) is 23.0 Å². The molecule has 7 aromatic rings. The summed E-state index contributed by atoms with van der Waals surface area (Å²) in [6.07, 6.45) is 0. The number of hydrogen-bond acceptors (Lipinski definition) is 7. The molecule has 0 unspecified atom stereocenters. The summed E-state index contributed by atoms with van der Waals surface area (Å²) in [5, 5.41) is -11.1. The number of hydrogen-bond donors (Lipinski definition) is 1. The highest BCUT2D eigenvalue weighted by atomic mass is 32.2. The topological polar surface area (TPSA) is 99.1 Å². The Balaban J connectivity index is 1.05. The quantitative estimate of drug-likeness (QED) is 0.0500. The molecule has 0 aliphatic heterocycles. The van der Waals surface area contributed by atoms with Gasteiger partial charge in [0.25, 0.3) is 0 Å². The van der Waals surface area contributed by atoms with Crippen LogP contribution in [0, 0.1) is 13.8 Å². The number of benzene rings is 7. The fourth-order valence-corrected chi connectivity index (χ4v) is 7.37. The summed E-state index contributed by atoms with van der Waals surface area (Å²) in [5.74, 6) is 1.33. The van der Waals surface area contributed by atoms with Gasteiger partial charge in [0.1, 0.15) is 34.5 Å². The van der Waals surface area contributed by atoms with Crippen LogP contribution in [0.3, 0.4) is 0 Å². The summed E-state index contributed by atoms with van der Waals surface area (Å²) in [6, 6.07) is 46.4. The van der Waals surface area contributed by atoms with Crippen molar-refractivity contribution in [2.45, 2.75) is 29.3 Å². The first-order valence-electron chi connectivity index (χ1n) is 18.2. The fourth-order valence-electron chi connectivity index (χ4n) is 5.90. The van der Waals surface area contributed by atoms with Crippen molar-refractivity contribution in [1.29, 1.82) is 0 Å². The number of rotatable bonds is 14. The number of ketones is 1. The van der Waals surface area contributed by atoms with Gasteiger partial charge >= 0.3 is 20.6 Å². The number of carbonyl (C=O) groups is 1. The summed E-state index contributed by atoms with van der Waals surface area (Å²) >= 11 is -0.781. The molecule has 0 saturated heterocycles. The maximum absolute atomic E-state index is 14.8. The molecule has 0 aromatic heterocycles. The zero-order valence-electron chi connectivity index (χ0n) is 31.8. The molecule has 13 heteroatoms. The van der Waals surface area contributed by atoms with Crippen LogP contribution in [-0.2, 0) is 10.1 Å². The van der Waals surface area contributed by atoms with Gasteiger partial charge < -0.3 is 14.2 Å². The van der Waals surface area contributed by atoms with Gasteiger partial charge in [-0.1, -0.05) is 96.1 Å². The van der Waals surface area contributed by atoms with Gasteiger partial charge in [0.2, 0.25) is 0 Å². The molecule has 7 nitrogen and oxygen atoms in total. The lowest BCUT2D eigenvalue weighted by Crippen LogP contribution is -2.44. The summed E-state index contributed by atoms with van der Waals surface area (Å²) in [4.78, 5) is 12.3. The first kappa shape index (κ1) is 41.7. The molecule has 0 amide bonds. The van der Waals surface area contributed by atoms with E-state index in [9.17, 15) is 30.8 Å². The van der Waals surface area contributed by atoms with Gasteiger partial charge in [0.15, 0.2) is 5.78 Å². The van der Waals surface area contributed by atoms with E-state index in [0.717, 1.165) is 39.4 Å². The highest BCUT2D eigenvalue weighted by molar-refractivity contribution is 8.01. The van der Waals surface area contributed by atoms with Crippen molar-refractivity contribution in [3.05, 3.63) is 186 Å². The highest BCUT2D eigenvalue weighted by Gasteiger charge is 2.66. The minimum atomic E-state index is -6.47. The molecule has 304 valence electrons. The number of carbonyl (C=O) groups excluding carboxylic acids is 1. The van der Waals surface area contributed by atoms with E-state index in [2.05, 4.69) is 0 Å². The van der Waals surface area contributed by atoms with Gasteiger partial charge in [0.05, 0.1) is 4.90 Å². The van der Waals surface area contributed by atoms with Crippen molar-refractivity contribution in [1.82, 2.24) is 0 Å². The molecule has 7 aromatic carbocycles. The average Bonchev–Trinajstić information content (AvgIpc) is 3.23. The molecule has 0 saturated carbocycles.